The fourth-order valence-electron chi connectivity index (χ4n) is 2.68. The van der Waals surface area contributed by atoms with Crippen LogP contribution in [0.1, 0.15) is 39.5 Å². The molecule has 1 amide bonds. The van der Waals surface area contributed by atoms with Crippen LogP contribution < -0.4 is 11.1 Å². The lowest BCUT2D eigenvalue weighted by molar-refractivity contribution is -0.123. The third-order valence-electron chi connectivity index (χ3n) is 3.89. The molecule has 0 aromatic rings. The maximum absolute atomic E-state index is 11.9. The maximum Gasteiger partial charge on any atom is 0.234 e. The predicted molar refractivity (Wildman–Crippen MR) is 83.7 cm³/mol. The van der Waals surface area contributed by atoms with Gasteiger partial charge in [0.2, 0.25) is 5.91 Å². The molecule has 1 atom stereocenters. The highest BCUT2D eigenvalue weighted by Gasteiger charge is 2.18. The summed E-state index contributed by atoms with van der Waals surface area (Å²) < 4.78 is 0. The van der Waals surface area contributed by atoms with Crippen molar-refractivity contribution in [3.8, 4) is 0 Å². The summed E-state index contributed by atoms with van der Waals surface area (Å²) in [5, 5.41) is 3.07. The molecule has 0 bridgehead atoms. The first-order chi connectivity index (χ1) is 9.65. The van der Waals surface area contributed by atoms with Crippen LogP contribution in [0.15, 0.2) is 0 Å². The molecule has 0 radical (unpaired) electrons. The molecule has 20 heavy (non-hydrogen) atoms. The Balaban J connectivity index is 2.13. The molecular formula is C15H32N4O. The van der Waals surface area contributed by atoms with Crippen LogP contribution in [0, 0.1) is 0 Å². The third-order valence-corrected chi connectivity index (χ3v) is 3.89. The minimum Gasteiger partial charge on any atom is -0.353 e. The number of nitrogens with zero attached hydrogens (tertiary/aromatic N) is 2. The van der Waals surface area contributed by atoms with Gasteiger partial charge in [0.15, 0.2) is 0 Å². The Morgan fingerprint density at radius 3 is 2.45 bits per heavy atom. The number of hydrogen-bond donors (Lipinski definition) is 2. The molecule has 1 unspecified atom stereocenters. The second kappa shape index (κ2) is 10.1. The molecule has 1 heterocycles. The van der Waals surface area contributed by atoms with Gasteiger partial charge >= 0.3 is 0 Å². The first-order valence-corrected chi connectivity index (χ1v) is 8.09. The zero-order valence-corrected chi connectivity index (χ0v) is 13.2. The van der Waals surface area contributed by atoms with Gasteiger partial charge in [0.25, 0.3) is 0 Å². The molecule has 0 aromatic heterocycles. The summed E-state index contributed by atoms with van der Waals surface area (Å²) in [7, 11) is 0. The quantitative estimate of drug-likeness (QED) is 0.610. The van der Waals surface area contributed by atoms with Gasteiger partial charge in [-0.15, -0.1) is 0 Å². The molecule has 5 heteroatoms. The first-order valence-electron chi connectivity index (χ1n) is 8.09. The Labute approximate surface area is 123 Å². The largest absolute Gasteiger partial charge is 0.353 e. The van der Waals surface area contributed by atoms with E-state index >= 15 is 0 Å². The van der Waals surface area contributed by atoms with Gasteiger partial charge in [-0.3, -0.25) is 9.69 Å². The van der Waals surface area contributed by atoms with Crippen molar-refractivity contribution in [1.29, 1.82) is 0 Å². The zero-order chi connectivity index (χ0) is 14.8. The Bertz CT molecular complexity index is 265. The molecule has 1 saturated heterocycles. The van der Waals surface area contributed by atoms with Crippen molar-refractivity contribution in [1.82, 2.24) is 15.1 Å². The Hall–Kier alpha value is -0.650. The number of hydrogen-bond acceptors (Lipinski definition) is 4. The van der Waals surface area contributed by atoms with Gasteiger partial charge in [0.05, 0.1) is 6.54 Å². The van der Waals surface area contributed by atoms with Gasteiger partial charge in [0.1, 0.15) is 0 Å². The average Bonchev–Trinajstić information content (AvgIpc) is 2.41. The van der Waals surface area contributed by atoms with E-state index in [9.17, 15) is 4.79 Å². The van der Waals surface area contributed by atoms with Gasteiger partial charge in [0, 0.05) is 32.2 Å². The van der Waals surface area contributed by atoms with Crippen molar-refractivity contribution in [2.45, 2.75) is 45.6 Å². The Kier molecular flexibility index (Phi) is 8.82. The Morgan fingerprint density at radius 2 is 1.85 bits per heavy atom. The average molecular weight is 284 g/mol. The lowest BCUT2D eigenvalue weighted by Gasteiger charge is -2.34. The van der Waals surface area contributed by atoms with Crippen LogP contribution in [0.4, 0.5) is 0 Å². The lowest BCUT2D eigenvalue weighted by atomic mass is 10.2. The molecule has 0 aromatic carbocycles. The second-order valence-corrected chi connectivity index (χ2v) is 5.87. The van der Waals surface area contributed by atoms with Crippen molar-refractivity contribution >= 4 is 5.91 Å². The van der Waals surface area contributed by atoms with E-state index in [0.717, 1.165) is 58.5 Å². The minimum absolute atomic E-state index is 0.169. The SMILES string of the molecule is CCCC(C)NC(=O)CN1CCN(CCCCN)CC1. The van der Waals surface area contributed by atoms with Crippen LogP contribution in [0.2, 0.25) is 0 Å². The van der Waals surface area contributed by atoms with Crippen LogP contribution in [0.3, 0.4) is 0 Å². The van der Waals surface area contributed by atoms with Crippen molar-refractivity contribution < 1.29 is 4.79 Å². The number of nitrogens with two attached hydrogens (primary N) is 1. The number of rotatable bonds is 9. The molecule has 1 rings (SSSR count). The molecule has 3 N–H and O–H groups in total. The number of nitrogens with one attached hydrogen (secondary N) is 1. The predicted octanol–water partition coefficient (Wildman–Crippen LogP) is 0.648. The minimum atomic E-state index is 0.169. The molecule has 1 fully saturated rings. The second-order valence-electron chi connectivity index (χ2n) is 5.87. The monoisotopic (exact) mass is 284 g/mol. The van der Waals surface area contributed by atoms with Crippen LogP contribution >= 0.6 is 0 Å². The molecule has 0 spiro atoms. The van der Waals surface area contributed by atoms with Crippen molar-refractivity contribution in [2.75, 3.05) is 45.8 Å². The molecule has 118 valence electrons. The summed E-state index contributed by atoms with van der Waals surface area (Å²) in [6.07, 6.45) is 4.47. The lowest BCUT2D eigenvalue weighted by Crippen LogP contribution is -2.50. The molecule has 0 saturated carbocycles. The van der Waals surface area contributed by atoms with E-state index in [2.05, 4.69) is 29.0 Å². The number of unbranched alkanes of at least 4 members (excludes halogenated alkanes) is 1. The highest BCUT2D eigenvalue weighted by atomic mass is 16.2. The fraction of sp³-hybridized carbons (Fsp3) is 0.933. The van der Waals surface area contributed by atoms with E-state index in [-0.39, 0.29) is 5.91 Å². The van der Waals surface area contributed by atoms with Gasteiger partial charge < -0.3 is 16.0 Å². The smallest absolute Gasteiger partial charge is 0.234 e. The van der Waals surface area contributed by atoms with E-state index in [4.69, 9.17) is 5.73 Å². The number of piperazine rings is 1. The Morgan fingerprint density at radius 1 is 1.20 bits per heavy atom. The molecule has 0 aliphatic carbocycles. The molecule has 1 aliphatic rings. The number of carbonyl (C=O) groups is 1. The van der Waals surface area contributed by atoms with Crippen LogP contribution in [-0.4, -0.2) is 67.6 Å². The summed E-state index contributed by atoms with van der Waals surface area (Å²) >= 11 is 0. The normalized spacial score (nSPS) is 18.9. The van der Waals surface area contributed by atoms with E-state index < -0.39 is 0 Å². The van der Waals surface area contributed by atoms with Gasteiger partial charge in [-0.25, -0.2) is 0 Å². The van der Waals surface area contributed by atoms with E-state index in [1.165, 1.54) is 6.42 Å². The summed E-state index contributed by atoms with van der Waals surface area (Å²) in [4.78, 5) is 16.6. The highest BCUT2D eigenvalue weighted by Crippen LogP contribution is 2.03. The standard InChI is InChI=1S/C15H32N4O/c1-3-6-14(2)17-15(20)13-19-11-9-18(10-12-19)8-5-4-7-16/h14H,3-13,16H2,1-2H3,(H,17,20). The van der Waals surface area contributed by atoms with Crippen LogP contribution in [-0.2, 0) is 4.79 Å². The first kappa shape index (κ1) is 17.4. The molecule has 1 aliphatic heterocycles. The number of amides is 1. The van der Waals surface area contributed by atoms with Crippen LogP contribution in [0.25, 0.3) is 0 Å². The molecular weight excluding hydrogens is 252 g/mol. The van der Waals surface area contributed by atoms with Crippen molar-refractivity contribution in [2.24, 2.45) is 5.73 Å². The zero-order valence-electron chi connectivity index (χ0n) is 13.2. The van der Waals surface area contributed by atoms with Gasteiger partial charge in [-0.05, 0) is 39.3 Å². The van der Waals surface area contributed by atoms with Crippen molar-refractivity contribution in [3.63, 3.8) is 0 Å². The summed E-state index contributed by atoms with van der Waals surface area (Å²) in [5.74, 6) is 0.169. The molecule has 5 nitrogen and oxygen atoms in total. The number of carbonyl (C=O) groups excluding carboxylic acids is 1. The summed E-state index contributed by atoms with van der Waals surface area (Å²) in [6, 6.07) is 0.296. The third kappa shape index (κ3) is 7.22. The van der Waals surface area contributed by atoms with Crippen LogP contribution in [0.5, 0.6) is 0 Å². The summed E-state index contributed by atoms with van der Waals surface area (Å²) in [5.41, 5.74) is 5.51. The van der Waals surface area contributed by atoms with Gasteiger partial charge in [-0.2, -0.15) is 0 Å². The topological polar surface area (TPSA) is 61.6 Å². The summed E-state index contributed by atoms with van der Waals surface area (Å²) in [6.45, 7) is 10.8. The van der Waals surface area contributed by atoms with E-state index in [0.29, 0.717) is 12.6 Å². The van der Waals surface area contributed by atoms with E-state index in [1.807, 2.05) is 0 Å². The highest BCUT2D eigenvalue weighted by molar-refractivity contribution is 5.78. The van der Waals surface area contributed by atoms with Gasteiger partial charge in [-0.1, -0.05) is 13.3 Å². The fourth-order valence-corrected chi connectivity index (χ4v) is 2.68. The van der Waals surface area contributed by atoms with E-state index in [1.54, 1.807) is 0 Å². The maximum atomic E-state index is 11.9. The van der Waals surface area contributed by atoms with Crippen molar-refractivity contribution in [3.05, 3.63) is 0 Å².